The molecule has 3 heteroatoms. The number of benzene rings is 1. The van der Waals surface area contributed by atoms with E-state index in [9.17, 15) is 5.11 Å². The molecule has 0 bridgehead atoms. The molecule has 0 aliphatic carbocycles. The summed E-state index contributed by atoms with van der Waals surface area (Å²) >= 11 is 0. The quantitative estimate of drug-likeness (QED) is 0.873. The van der Waals surface area contributed by atoms with Crippen LogP contribution in [0.15, 0.2) is 18.2 Å². The van der Waals surface area contributed by atoms with E-state index in [2.05, 4.69) is 24.9 Å². The lowest BCUT2D eigenvalue weighted by Gasteiger charge is -2.29. The number of methoxy groups -OCH3 is 1. The summed E-state index contributed by atoms with van der Waals surface area (Å²) in [6.45, 7) is 4.03. The summed E-state index contributed by atoms with van der Waals surface area (Å²) in [6, 6.07) is 6.04. The topological polar surface area (TPSA) is 32.7 Å². The van der Waals surface area contributed by atoms with Gasteiger partial charge in [-0.2, -0.15) is 0 Å². The van der Waals surface area contributed by atoms with Crippen LogP contribution in [0.25, 0.3) is 0 Å². The van der Waals surface area contributed by atoms with E-state index in [4.69, 9.17) is 4.74 Å². The third-order valence-electron chi connectivity index (χ3n) is 3.89. The molecular formula is C15H23NO2. The Morgan fingerprint density at radius 2 is 2.06 bits per heavy atom. The molecule has 1 unspecified atom stereocenters. The Hall–Kier alpha value is -1.06. The van der Waals surface area contributed by atoms with Crippen molar-refractivity contribution in [2.24, 2.45) is 0 Å². The summed E-state index contributed by atoms with van der Waals surface area (Å²) in [5.41, 5.74) is 1.36. The van der Waals surface area contributed by atoms with Gasteiger partial charge < -0.3 is 14.7 Å². The number of nitrogens with zero attached hydrogens (tertiary/aromatic N) is 1. The van der Waals surface area contributed by atoms with Crippen LogP contribution in [0.4, 0.5) is 0 Å². The summed E-state index contributed by atoms with van der Waals surface area (Å²) in [5.74, 6) is 0.799. The van der Waals surface area contributed by atoms with Gasteiger partial charge in [0.2, 0.25) is 0 Å². The van der Waals surface area contributed by atoms with Crippen molar-refractivity contribution in [1.29, 1.82) is 0 Å². The van der Waals surface area contributed by atoms with Gasteiger partial charge in [0.05, 0.1) is 12.7 Å². The van der Waals surface area contributed by atoms with Crippen molar-refractivity contribution in [3.05, 3.63) is 29.3 Å². The summed E-state index contributed by atoms with van der Waals surface area (Å²) in [7, 11) is 3.78. The molecule has 0 spiro atoms. The Bertz CT molecular complexity index is 419. The maximum Gasteiger partial charge on any atom is 0.124 e. The van der Waals surface area contributed by atoms with Gasteiger partial charge in [-0.3, -0.25) is 0 Å². The Morgan fingerprint density at radius 3 is 2.78 bits per heavy atom. The van der Waals surface area contributed by atoms with Crippen molar-refractivity contribution in [2.75, 3.05) is 27.2 Å². The molecule has 1 saturated heterocycles. The van der Waals surface area contributed by atoms with Crippen LogP contribution in [0.2, 0.25) is 0 Å². The number of aryl methyl sites for hydroxylation is 1. The van der Waals surface area contributed by atoms with Crippen molar-refractivity contribution in [3.63, 3.8) is 0 Å². The molecule has 1 heterocycles. The largest absolute Gasteiger partial charge is 0.496 e. The normalized spacial score (nSPS) is 25.8. The highest BCUT2D eigenvalue weighted by atomic mass is 16.5. The van der Waals surface area contributed by atoms with E-state index < -0.39 is 5.60 Å². The van der Waals surface area contributed by atoms with Crippen LogP contribution in [0.3, 0.4) is 0 Å². The molecule has 1 fully saturated rings. The van der Waals surface area contributed by atoms with Gasteiger partial charge >= 0.3 is 0 Å². The van der Waals surface area contributed by atoms with Crippen LogP contribution in [0.1, 0.15) is 30.4 Å². The number of hydrogen-bond acceptors (Lipinski definition) is 3. The second kappa shape index (κ2) is 5.29. The molecule has 1 N–H and O–H groups in total. The number of hydrogen-bond donors (Lipinski definition) is 1. The number of ether oxygens (including phenoxy) is 1. The predicted octanol–water partition coefficient (Wildman–Crippen LogP) is 2.31. The van der Waals surface area contributed by atoms with E-state index in [1.807, 2.05) is 12.1 Å². The van der Waals surface area contributed by atoms with E-state index in [0.29, 0.717) is 0 Å². The molecule has 1 aromatic carbocycles. The Kier molecular flexibility index (Phi) is 3.93. The van der Waals surface area contributed by atoms with Crippen molar-refractivity contribution in [3.8, 4) is 5.75 Å². The first-order valence-electron chi connectivity index (χ1n) is 6.61. The number of likely N-dealkylation sites (tertiary alicyclic amines) is 1. The first kappa shape index (κ1) is 13.4. The molecule has 1 atom stereocenters. The smallest absolute Gasteiger partial charge is 0.124 e. The minimum Gasteiger partial charge on any atom is -0.496 e. The van der Waals surface area contributed by atoms with E-state index in [-0.39, 0.29) is 0 Å². The Morgan fingerprint density at radius 1 is 1.28 bits per heavy atom. The second-order valence-corrected chi connectivity index (χ2v) is 5.39. The molecule has 0 saturated carbocycles. The third kappa shape index (κ3) is 2.68. The lowest BCUT2D eigenvalue weighted by molar-refractivity contribution is 0.0195. The molecular weight excluding hydrogens is 226 g/mol. The average Bonchev–Trinajstić information content (AvgIpc) is 2.52. The molecule has 1 aromatic rings. The van der Waals surface area contributed by atoms with Crippen LogP contribution < -0.4 is 4.74 Å². The maximum absolute atomic E-state index is 11.0. The predicted molar refractivity (Wildman–Crippen MR) is 73.0 cm³/mol. The molecule has 1 aliphatic rings. The molecule has 3 nitrogen and oxygen atoms in total. The fourth-order valence-electron chi connectivity index (χ4n) is 2.71. The van der Waals surface area contributed by atoms with E-state index in [1.54, 1.807) is 7.11 Å². The Balaban J connectivity index is 2.36. The molecule has 18 heavy (non-hydrogen) atoms. The minimum absolute atomic E-state index is 0.748. The standard InChI is InChI=1S/C15H23NO2/c1-12-5-6-14(18-3)13(11-12)15(17)7-4-9-16(2)10-8-15/h5-6,11,17H,4,7-10H2,1-3H3. The van der Waals surface area contributed by atoms with E-state index in [1.165, 1.54) is 0 Å². The zero-order chi connectivity index (χ0) is 13.2. The van der Waals surface area contributed by atoms with Gasteiger partial charge in [-0.05, 0) is 51.9 Å². The van der Waals surface area contributed by atoms with Crippen molar-refractivity contribution in [1.82, 2.24) is 4.90 Å². The zero-order valence-corrected chi connectivity index (χ0v) is 11.6. The van der Waals surface area contributed by atoms with Gasteiger partial charge in [0.25, 0.3) is 0 Å². The molecule has 2 rings (SSSR count). The lowest BCUT2D eigenvalue weighted by Crippen LogP contribution is -2.28. The van der Waals surface area contributed by atoms with E-state index in [0.717, 1.165) is 49.2 Å². The van der Waals surface area contributed by atoms with Gasteiger partial charge in [0.1, 0.15) is 5.75 Å². The van der Waals surface area contributed by atoms with Crippen molar-refractivity contribution in [2.45, 2.75) is 31.8 Å². The summed E-state index contributed by atoms with van der Waals surface area (Å²) < 4.78 is 5.41. The van der Waals surface area contributed by atoms with Crippen molar-refractivity contribution >= 4 is 0 Å². The highest BCUT2D eigenvalue weighted by Gasteiger charge is 2.33. The molecule has 100 valence electrons. The van der Waals surface area contributed by atoms with Crippen LogP contribution in [-0.4, -0.2) is 37.3 Å². The molecule has 1 aliphatic heterocycles. The summed E-state index contributed by atoms with van der Waals surface area (Å²) in [5, 5.41) is 11.0. The highest BCUT2D eigenvalue weighted by Crippen LogP contribution is 2.38. The van der Waals surface area contributed by atoms with Crippen LogP contribution in [0.5, 0.6) is 5.75 Å². The minimum atomic E-state index is -0.748. The summed E-state index contributed by atoms with van der Waals surface area (Å²) in [4.78, 5) is 2.28. The highest BCUT2D eigenvalue weighted by molar-refractivity contribution is 5.41. The first-order valence-corrected chi connectivity index (χ1v) is 6.61. The molecule has 0 aromatic heterocycles. The van der Waals surface area contributed by atoms with Crippen LogP contribution >= 0.6 is 0 Å². The van der Waals surface area contributed by atoms with Gasteiger partial charge in [-0.15, -0.1) is 0 Å². The number of rotatable bonds is 2. The van der Waals surface area contributed by atoms with Crippen LogP contribution in [0, 0.1) is 6.92 Å². The lowest BCUT2D eigenvalue weighted by atomic mass is 9.85. The monoisotopic (exact) mass is 249 g/mol. The average molecular weight is 249 g/mol. The van der Waals surface area contributed by atoms with E-state index >= 15 is 0 Å². The molecule has 0 amide bonds. The Labute approximate surface area is 109 Å². The van der Waals surface area contributed by atoms with Gasteiger partial charge in [-0.25, -0.2) is 0 Å². The van der Waals surface area contributed by atoms with Crippen molar-refractivity contribution < 1.29 is 9.84 Å². The number of aliphatic hydroxyl groups is 1. The SMILES string of the molecule is COc1ccc(C)cc1C1(O)CCCN(C)CC1. The first-order chi connectivity index (χ1) is 8.55. The summed E-state index contributed by atoms with van der Waals surface area (Å²) in [6.07, 6.45) is 2.59. The molecule has 0 radical (unpaired) electrons. The third-order valence-corrected chi connectivity index (χ3v) is 3.89. The zero-order valence-electron chi connectivity index (χ0n) is 11.6. The van der Waals surface area contributed by atoms with Gasteiger partial charge in [-0.1, -0.05) is 11.6 Å². The fourth-order valence-corrected chi connectivity index (χ4v) is 2.71. The van der Waals surface area contributed by atoms with Crippen LogP contribution in [-0.2, 0) is 5.60 Å². The van der Waals surface area contributed by atoms with Gasteiger partial charge in [0.15, 0.2) is 0 Å². The second-order valence-electron chi connectivity index (χ2n) is 5.39. The fraction of sp³-hybridized carbons (Fsp3) is 0.600. The maximum atomic E-state index is 11.0. The van der Waals surface area contributed by atoms with Gasteiger partial charge in [0, 0.05) is 12.1 Å².